The van der Waals surface area contributed by atoms with E-state index in [1.807, 2.05) is 6.20 Å². The van der Waals surface area contributed by atoms with Crippen molar-refractivity contribution >= 4 is 5.97 Å². The summed E-state index contributed by atoms with van der Waals surface area (Å²) in [6.07, 6.45) is 19.4. The molecule has 0 spiro atoms. The van der Waals surface area contributed by atoms with Crippen molar-refractivity contribution < 1.29 is 14.5 Å². The summed E-state index contributed by atoms with van der Waals surface area (Å²) in [4.78, 5) is 11.1. The van der Waals surface area contributed by atoms with E-state index >= 15 is 0 Å². The molecule has 1 rings (SSSR count). The number of unbranched alkanes of at least 4 members (excludes halogenated alkanes) is 11. The second kappa shape index (κ2) is 12.1. The molecule has 0 aliphatic rings. The van der Waals surface area contributed by atoms with E-state index in [1.165, 1.54) is 70.6 Å². The summed E-state index contributed by atoms with van der Waals surface area (Å²) < 4.78 is 3.39. The molecule has 0 amide bonds. The third-order valence-electron chi connectivity index (χ3n) is 4.51. The van der Waals surface area contributed by atoms with Crippen molar-refractivity contribution in [2.75, 3.05) is 0 Å². The third-order valence-corrected chi connectivity index (χ3v) is 4.51. The van der Waals surface area contributed by atoms with E-state index in [-0.39, 0.29) is 5.82 Å². The molecule has 1 heterocycles. The Morgan fingerprint density at radius 3 is 1.91 bits per heavy atom. The fourth-order valence-electron chi connectivity index (χ4n) is 3.09. The van der Waals surface area contributed by atoms with E-state index < -0.39 is 5.97 Å². The molecule has 0 fully saturated rings. The molecular weight excluding hydrogens is 288 g/mol. The maximum atomic E-state index is 11.1. The Morgan fingerprint density at radius 1 is 0.957 bits per heavy atom. The molecule has 1 aromatic heterocycles. The number of aryl methyl sites for hydroxylation is 2. The predicted octanol–water partition coefficient (Wildman–Crippen LogP) is 3.38. The molecule has 1 aromatic rings. The van der Waals surface area contributed by atoms with Crippen LogP contribution in [0.25, 0.3) is 0 Å². The van der Waals surface area contributed by atoms with Crippen LogP contribution in [0.3, 0.4) is 0 Å². The summed E-state index contributed by atoms with van der Waals surface area (Å²) in [6.45, 7) is 3.03. The number of carboxylic acids is 1. The molecule has 23 heavy (non-hydrogen) atoms. The van der Waals surface area contributed by atoms with Gasteiger partial charge in [0.1, 0.15) is 12.4 Å². The van der Waals surface area contributed by atoms with Crippen molar-refractivity contribution in [1.82, 2.24) is 4.57 Å². The van der Waals surface area contributed by atoms with Crippen LogP contribution in [0, 0.1) is 0 Å². The molecule has 0 unspecified atom stereocenters. The van der Waals surface area contributed by atoms with Crippen LogP contribution in [0.15, 0.2) is 12.4 Å². The van der Waals surface area contributed by atoms with Crippen molar-refractivity contribution in [2.24, 2.45) is 7.05 Å². The number of rotatable bonds is 14. The van der Waals surface area contributed by atoms with Gasteiger partial charge in [-0.05, 0) is 12.8 Å². The minimum atomic E-state index is -1.10. The monoisotopic (exact) mass is 322 g/mol. The Bertz CT molecular complexity index is 441. The lowest BCUT2D eigenvalue weighted by Crippen LogP contribution is -2.41. The molecular formula is C19H34N2O2. The number of carboxylic acid groups (broad SMARTS) is 1. The zero-order chi connectivity index (χ0) is 16.9. The molecule has 4 heteroatoms. The van der Waals surface area contributed by atoms with Crippen LogP contribution < -0.4 is 9.67 Å². The Hall–Kier alpha value is -1.32. The number of aromatic carboxylic acids is 1. The summed E-state index contributed by atoms with van der Waals surface area (Å²) >= 11 is 0. The van der Waals surface area contributed by atoms with Gasteiger partial charge in [-0.15, -0.1) is 0 Å². The SMILES string of the molecule is CCCCCCCCCCCCCCn1cc[n+](C)c1C(=O)[O-]. The zero-order valence-electron chi connectivity index (χ0n) is 15.1. The fraction of sp³-hybridized carbons (Fsp3) is 0.789. The second-order valence-electron chi connectivity index (χ2n) is 6.60. The van der Waals surface area contributed by atoms with Crippen molar-refractivity contribution in [3.8, 4) is 0 Å². The minimum Gasteiger partial charge on any atom is -0.538 e. The Kier molecular flexibility index (Phi) is 10.4. The third kappa shape index (κ3) is 8.19. The van der Waals surface area contributed by atoms with Gasteiger partial charge < -0.3 is 9.90 Å². The first-order valence-corrected chi connectivity index (χ1v) is 9.43. The van der Waals surface area contributed by atoms with Crippen LogP contribution in [0.2, 0.25) is 0 Å². The number of carbonyl (C=O) groups excluding carboxylic acids is 1. The molecule has 0 atom stereocenters. The normalized spacial score (nSPS) is 11.0. The molecule has 0 saturated heterocycles. The van der Waals surface area contributed by atoms with E-state index in [2.05, 4.69) is 6.92 Å². The first-order valence-electron chi connectivity index (χ1n) is 9.43. The summed E-state index contributed by atoms with van der Waals surface area (Å²) in [5, 5.41) is 11.1. The Balaban J connectivity index is 1.97. The molecule has 0 radical (unpaired) electrons. The van der Waals surface area contributed by atoms with Gasteiger partial charge in [0.15, 0.2) is 5.97 Å². The van der Waals surface area contributed by atoms with Crippen LogP contribution in [-0.2, 0) is 13.6 Å². The van der Waals surface area contributed by atoms with Gasteiger partial charge in [-0.25, -0.2) is 9.13 Å². The van der Waals surface area contributed by atoms with Crippen LogP contribution in [-0.4, -0.2) is 10.5 Å². The summed E-state index contributed by atoms with van der Waals surface area (Å²) in [7, 11) is 1.74. The van der Waals surface area contributed by atoms with E-state index in [1.54, 1.807) is 22.4 Å². The van der Waals surface area contributed by atoms with E-state index in [0.29, 0.717) is 0 Å². The number of hydrogen-bond donors (Lipinski definition) is 0. The molecule has 0 N–H and O–H groups in total. The average molecular weight is 322 g/mol. The van der Waals surface area contributed by atoms with Gasteiger partial charge in [0.2, 0.25) is 0 Å². The lowest BCUT2D eigenvalue weighted by Gasteiger charge is -2.04. The molecule has 132 valence electrons. The molecule has 0 aliphatic heterocycles. The first kappa shape index (κ1) is 19.7. The summed E-state index contributed by atoms with van der Waals surface area (Å²) in [5.74, 6) is -0.843. The highest BCUT2D eigenvalue weighted by molar-refractivity contribution is 5.79. The van der Waals surface area contributed by atoms with Crippen molar-refractivity contribution in [2.45, 2.75) is 90.5 Å². The molecule has 0 aliphatic carbocycles. The van der Waals surface area contributed by atoms with Gasteiger partial charge in [-0.1, -0.05) is 71.1 Å². The first-order chi connectivity index (χ1) is 11.2. The van der Waals surface area contributed by atoms with Crippen molar-refractivity contribution in [3.63, 3.8) is 0 Å². The lowest BCUT2D eigenvalue weighted by molar-refractivity contribution is -0.675. The number of nitrogens with zero attached hydrogens (tertiary/aromatic N) is 2. The van der Waals surface area contributed by atoms with Gasteiger partial charge >= 0.3 is 5.82 Å². The van der Waals surface area contributed by atoms with Crippen molar-refractivity contribution in [1.29, 1.82) is 0 Å². The highest BCUT2D eigenvalue weighted by Crippen LogP contribution is 2.12. The summed E-state index contributed by atoms with van der Waals surface area (Å²) in [5.41, 5.74) is 0. The summed E-state index contributed by atoms with van der Waals surface area (Å²) in [6, 6.07) is 0. The number of imidazole rings is 1. The molecule has 0 aromatic carbocycles. The Morgan fingerprint density at radius 2 is 1.43 bits per heavy atom. The predicted molar refractivity (Wildman–Crippen MR) is 91.0 cm³/mol. The quantitative estimate of drug-likeness (QED) is 0.389. The zero-order valence-corrected chi connectivity index (χ0v) is 15.1. The second-order valence-corrected chi connectivity index (χ2v) is 6.60. The van der Waals surface area contributed by atoms with Crippen LogP contribution in [0.4, 0.5) is 0 Å². The highest BCUT2D eigenvalue weighted by Gasteiger charge is 2.14. The van der Waals surface area contributed by atoms with Crippen LogP contribution >= 0.6 is 0 Å². The highest BCUT2D eigenvalue weighted by atomic mass is 16.4. The van der Waals surface area contributed by atoms with Gasteiger partial charge in [-0.3, -0.25) is 0 Å². The van der Waals surface area contributed by atoms with Gasteiger partial charge in [-0.2, -0.15) is 0 Å². The number of hydrogen-bond acceptors (Lipinski definition) is 2. The molecule has 0 saturated carbocycles. The number of carbonyl (C=O) groups is 1. The fourth-order valence-corrected chi connectivity index (χ4v) is 3.09. The van der Waals surface area contributed by atoms with Gasteiger partial charge in [0.05, 0.1) is 13.6 Å². The molecule has 4 nitrogen and oxygen atoms in total. The standard InChI is InChI=1S/C19H34N2O2/c1-3-4-5-6-7-8-9-10-11-12-13-14-15-21-17-16-20(2)18(21)19(22)23/h16-17H,3-15H2,1-2H3. The van der Waals surface area contributed by atoms with E-state index in [9.17, 15) is 9.90 Å². The van der Waals surface area contributed by atoms with Crippen LogP contribution in [0.1, 0.15) is 94.6 Å². The lowest BCUT2D eigenvalue weighted by atomic mass is 10.1. The van der Waals surface area contributed by atoms with Crippen molar-refractivity contribution in [3.05, 3.63) is 18.2 Å². The van der Waals surface area contributed by atoms with E-state index in [4.69, 9.17) is 0 Å². The maximum absolute atomic E-state index is 11.1. The molecule has 0 bridgehead atoms. The van der Waals surface area contributed by atoms with Gasteiger partial charge in [0, 0.05) is 0 Å². The van der Waals surface area contributed by atoms with Gasteiger partial charge in [0.25, 0.3) is 0 Å². The average Bonchev–Trinajstić information content (AvgIpc) is 2.89. The minimum absolute atomic E-state index is 0.257. The topological polar surface area (TPSA) is 48.9 Å². The Labute approximate surface area is 141 Å². The maximum Gasteiger partial charge on any atom is 0.304 e. The smallest absolute Gasteiger partial charge is 0.304 e. The largest absolute Gasteiger partial charge is 0.538 e. The van der Waals surface area contributed by atoms with E-state index in [0.717, 1.165) is 13.0 Å². The number of aromatic nitrogens is 2. The van der Waals surface area contributed by atoms with Crippen LogP contribution in [0.5, 0.6) is 0 Å².